The van der Waals surface area contributed by atoms with Crippen molar-refractivity contribution in [2.45, 2.75) is 0 Å². The molecule has 0 saturated carbocycles. The maximum absolute atomic E-state index is 7.50. The van der Waals surface area contributed by atoms with Crippen LogP contribution >= 0.6 is 0 Å². The van der Waals surface area contributed by atoms with Gasteiger partial charge in [0.25, 0.3) is 0 Å². The Labute approximate surface area is 198 Å². The SMILES string of the molecule is [C-]#[O+].[C-]#[O+].[C-]#[O+].[C-]#[O+].[C-]#[O+].[Mo].c1cc[c]([SbH]([c]2ccccc2)[c]2ccccc2)cc1. The normalized spacial score (nSPS) is 7.03. The van der Waals surface area contributed by atoms with Crippen LogP contribution in [0.15, 0.2) is 91.0 Å². The van der Waals surface area contributed by atoms with Gasteiger partial charge in [-0.05, 0) is 0 Å². The Kier molecular flexibility index (Phi) is 34.2. The number of benzene rings is 3. The van der Waals surface area contributed by atoms with Crippen LogP contribution in [-0.4, -0.2) is 20.2 Å². The predicted molar refractivity (Wildman–Crippen MR) is 105 cm³/mol. The van der Waals surface area contributed by atoms with Gasteiger partial charge in [-0.3, -0.25) is 0 Å². The van der Waals surface area contributed by atoms with E-state index in [2.05, 4.69) is 124 Å². The molecular formula is C23H16MoO5Sb. The molecule has 0 N–H and O–H groups in total. The Bertz CT molecular complexity index is 716. The van der Waals surface area contributed by atoms with Crippen LogP contribution in [0.3, 0.4) is 0 Å². The van der Waals surface area contributed by atoms with Gasteiger partial charge in [-0.1, -0.05) is 0 Å². The molecule has 5 nitrogen and oxygen atoms in total. The van der Waals surface area contributed by atoms with Gasteiger partial charge >= 0.3 is 178 Å². The van der Waals surface area contributed by atoms with Gasteiger partial charge in [-0.2, -0.15) is 0 Å². The number of hydrogen-bond acceptors (Lipinski definition) is 0. The molecule has 0 bridgehead atoms. The van der Waals surface area contributed by atoms with Crippen molar-refractivity contribution in [3.8, 4) is 0 Å². The van der Waals surface area contributed by atoms with Crippen LogP contribution in [0, 0.1) is 33.3 Å². The van der Waals surface area contributed by atoms with Crippen LogP contribution < -0.4 is 10.5 Å². The van der Waals surface area contributed by atoms with Crippen molar-refractivity contribution in [1.29, 1.82) is 0 Å². The summed E-state index contributed by atoms with van der Waals surface area (Å²) in [6.45, 7) is 22.5. The molecule has 0 heterocycles. The van der Waals surface area contributed by atoms with Crippen molar-refractivity contribution in [2.24, 2.45) is 0 Å². The molecule has 0 fully saturated rings. The van der Waals surface area contributed by atoms with Crippen LogP contribution in [0.25, 0.3) is 0 Å². The predicted octanol–water partition coefficient (Wildman–Crippen LogP) is 1.75. The van der Waals surface area contributed by atoms with Gasteiger partial charge < -0.3 is 0 Å². The minimum atomic E-state index is -1.98. The fourth-order valence-corrected chi connectivity index (χ4v) is 9.67. The molecule has 3 aromatic rings. The van der Waals surface area contributed by atoms with Crippen LogP contribution in [0.4, 0.5) is 0 Å². The molecule has 0 spiro atoms. The van der Waals surface area contributed by atoms with Gasteiger partial charge in [0.05, 0.1) is 0 Å². The van der Waals surface area contributed by atoms with Crippen LogP contribution in [0.2, 0.25) is 0 Å². The fraction of sp³-hybridized carbons (Fsp3) is 0. The average Bonchev–Trinajstić information content (AvgIpc) is 2.88. The van der Waals surface area contributed by atoms with E-state index in [0.717, 1.165) is 0 Å². The summed E-state index contributed by atoms with van der Waals surface area (Å²) >= 11 is -1.98. The molecule has 1 radical (unpaired) electrons. The summed E-state index contributed by atoms with van der Waals surface area (Å²) in [5.74, 6) is 0. The van der Waals surface area contributed by atoms with E-state index in [1.165, 1.54) is 10.5 Å². The monoisotopic (exact) mass is 591 g/mol. The summed E-state index contributed by atoms with van der Waals surface area (Å²) in [4.78, 5) is 0. The van der Waals surface area contributed by atoms with E-state index in [4.69, 9.17) is 23.3 Å². The molecular weight excluding hydrogens is 574 g/mol. The van der Waals surface area contributed by atoms with Crippen molar-refractivity contribution in [3.05, 3.63) is 124 Å². The zero-order valence-corrected chi connectivity index (χ0v) is 20.5. The van der Waals surface area contributed by atoms with E-state index >= 15 is 0 Å². The fourth-order valence-electron chi connectivity index (χ4n) is 2.31. The summed E-state index contributed by atoms with van der Waals surface area (Å²) < 4.78 is 42.1. The molecule has 149 valence electrons. The van der Waals surface area contributed by atoms with Gasteiger partial charge in [0, 0.05) is 21.1 Å². The average molecular weight is 590 g/mol. The zero-order valence-electron chi connectivity index (χ0n) is 15.6. The third kappa shape index (κ3) is 13.9. The third-order valence-electron chi connectivity index (χ3n) is 3.19. The number of rotatable bonds is 3. The molecule has 0 unspecified atom stereocenters. The Morgan fingerprint density at radius 3 is 0.700 bits per heavy atom. The van der Waals surface area contributed by atoms with Gasteiger partial charge in [-0.15, -0.1) is 0 Å². The van der Waals surface area contributed by atoms with Crippen molar-refractivity contribution in [2.75, 3.05) is 0 Å². The van der Waals surface area contributed by atoms with Gasteiger partial charge in [0.1, 0.15) is 0 Å². The first kappa shape index (κ1) is 35.3. The molecule has 0 atom stereocenters. The third-order valence-corrected chi connectivity index (χ3v) is 11.0. The molecule has 0 aliphatic carbocycles. The molecule has 3 aromatic carbocycles. The Morgan fingerprint density at radius 1 is 0.367 bits per heavy atom. The zero-order chi connectivity index (χ0) is 22.9. The van der Waals surface area contributed by atoms with E-state index in [-0.39, 0.29) is 21.1 Å². The first-order chi connectivity index (χ1) is 14.4. The van der Waals surface area contributed by atoms with E-state index < -0.39 is 20.2 Å². The molecule has 7 heteroatoms. The Hall–Kier alpha value is -2.13. The molecule has 0 aliphatic heterocycles. The second-order valence-corrected chi connectivity index (χ2v) is 11.6. The first-order valence-electron chi connectivity index (χ1n) is 7.50. The van der Waals surface area contributed by atoms with Crippen molar-refractivity contribution < 1.29 is 44.3 Å². The van der Waals surface area contributed by atoms with E-state index in [0.29, 0.717) is 0 Å². The molecule has 30 heavy (non-hydrogen) atoms. The van der Waals surface area contributed by atoms with Gasteiger partial charge in [0.15, 0.2) is 0 Å². The summed E-state index contributed by atoms with van der Waals surface area (Å²) in [7, 11) is 0. The van der Waals surface area contributed by atoms with Crippen molar-refractivity contribution >= 4 is 30.7 Å². The van der Waals surface area contributed by atoms with E-state index in [9.17, 15) is 0 Å². The second kappa shape index (κ2) is 29.1. The Morgan fingerprint density at radius 2 is 0.533 bits per heavy atom. The molecule has 0 aliphatic rings. The molecule has 3 rings (SSSR count). The minimum absolute atomic E-state index is 0. The molecule has 0 saturated heterocycles. The summed E-state index contributed by atoms with van der Waals surface area (Å²) in [5.41, 5.74) is 0. The van der Waals surface area contributed by atoms with Crippen molar-refractivity contribution in [1.82, 2.24) is 0 Å². The maximum atomic E-state index is 7.50. The van der Waals surface area contributed by atoms with Gasteiger partial charge in [-0.25, -0.2) is 0 Å². The van der Waals surface area contributed by atoms with Crippen LogP contribution in [0.1, 0.15) is 0 Å². The Balaban J connectivity index is -0.000000271. The number of hydrogen-bond donors (Lipinski definition) is 0. The summed E-state index contributed by atoms with van der Waals surface area (Å²) in [6.07, 6.45) is 0. The van der Waals surface area contributed by atoms with Crippen LogP contribution in [0.5, 0.6) is 0 Å². The quantitative estimate of drug-likeness (QED) is 0.253. The topological polar surface area (TPSA) is 99.5 Å². The van der Waals surface area contributed by atoms with E-state index in [1.807, 2.05) is 0 Å². The standard InChI is InChI=1S/3C6H5.5CO.Mo.Sb.H/c3*1-2-4-6-5-3-1;5*1-2;;;/h3*1-5H;;;;;;;;. The molecule has 0 aromatic heterocycles. The second-order valence-electron chi connectivity index (χ2n) is 4.47. The molecule has 0 amide bonds. The van der Waals surface area contributed by atoms with Crippen molar-refractivity contribution in [3.63, 3.8) is 0 Å². The van der Waals surface area contributed by atoms with E-state index in [1.54, 1.807) is 0 Å². The van der Waals surface area contributed by atoms with Gasteiger partial charge in [0.2, 0.25) is 0 Å². The first-order valence-corrected chi connectivity index (χ1v) is 11.8. The van der Waals surface area contributed by atoms with Crippen LogP contribution in [-0.2, 0) is 44.3 Å². The summed E-state index contributed by atoms with van der Waals surface area (Å²) in [5, 5.41) is 0. The summed E-state index contributed by atoms with van der Waals surface area (Å²) in [6, 6.07) is 32.9.